The number of hydrogen-bond acceptors (Lipinski definition) is 12. The van der Waals surface area contributed by atoms with Crippen molar-refractivity contribution in [2.45, 2.75) is 289 Å². The van der Waals surface area contributed by atoms with Crippen molar-refractivity contribution in [2.24, 2.45) is 0 Å². The van der Waals surface area contributed by atoms with Gasteiger partial charge in [0.05, 0.1) is 0 Å². The maximum Gasteiger partial charge on any atom is 0.303 e. The molecule has 9 N–H and O–H groups in total. The molecule has 534 valence electrons. The summed E-state index contributed by atoms with van der Waals surface area (Å²) < 4.78 is 0. The second-order valence-corrected chi connectivity index (χ2v) is 25.7. The molecule has 0 unspecified atom stereocenters. The fraction of sp³-hybridized carbons (Fsp3) is 0.792. The summed E-state index contributed by atoms with van der Waals surface area (Å²) in [4.78, 5) is 115. The van der Waals surface area contributed by atoms with E-state index in [1.165, 1.54) is 0 Å². The Morgan fingerprint density at radius 3 is 0.516 bits per heavy atom. The highest BCUT2D eigenvalue weighted by atomic mass is 16.4. The predicted molar refractivity (Wildman–Crippen MR) is 366 cm³/mol. The van der Waals surface area contributed by atoms with Crippen molar-refractivity contribution in [2.75, 3.05) is 78.5 Å². The van der Waals surface area contributed by atoms with Gasteiger partial charge < -0.3 is 61.3 Å². The number of amides is 3. The van der Waals surface area contributed by atoms with Gasteiger partial charge in [-0.1, -0.05) is 154 Å². The van der Waals surface area contributed by atoms with E-state index < -0.39 is 35.8 Å². The molecule has 93 heavy (non-hydrogen) atoms. The van der Waals surface area contributed by atoms with Gasteiger partial charge in [0.1, 0.15) is 0 Å². The van der Waals surface area contributed by atoms with Crippen LogP contribution in [0.2, 0.25) is 0 Å². The van der Waals surface area contributed by atoms with Crippen LogP contribution in [0.1, 0.15) is 320 Å². The number of aliphatic carboxylic acids is 6. The molecular weight excluding hydrogens is 1190 g/mol. The zero-order valence-corrected chi connectivity index (χ0v) is 57.2. The molecule has 0 aromatic heterocycles. The first-order valence-corrected chi connectivity index (χ1v) is 36.4. The minimum absolute atomic E-state index is 0.198. The van der Waals surface area contributed by atoms with Crippen molar-refractivity contribution in [3.05, 3.63) is 34.9 Å². The van der Waals surface area contributed by atoms with Gasteiger partial charge in [0.2, 0.25) is 0 Å². The Balaban J connectivity index is 3.20. The highest BCUT2D eigenvalue weighted by Gasteiger charge is 2.18. The number of nitrogens with one attached hydrogen (secondary N) is 3. The molecule has 0 aliphatic carbocycles. The second kappa shape index (κ2) is 60.0. The summed E-state index contributed by atoms with van der Waals surface area (Å²) >= 11 is 0. The van der Waals surface area contributed by atoms with E-state index in [2.05, 4.69) is 30.7 Å². The van der Waals surface area contributed by atoms with Crippen molar-refractivity contribution in [1.29, 1.82) is 0 Å². The molecule has 0 spiro atoms. The first-order valence-electron chi connectivity index (χ1n) is 36.4. The van der Waals surface area contributed by atoms with Crippen LogP contribution in [-0.2, 0) is 28.8 Å². The lowest BCUT2D eigenvalue weighted by Crippen LogP contribution is -2.33. The number of unbranched alkanes of at least 4 members (excludes halogenated alkanes) is 30. The van der Waals surface area contributed by atoms with Crippen LogP contribution in [0, 0.1) is 0 Å². The van der Waals surface area contributed by atoms with Crippen molar-refractivity contribution < 1.29 is 73.8 Å². The van der Waals surface area contributed by atoms with Gasteiger partial charge in [0, 0.05) is 74.8 Å². The van der Waals surface area contributed by atoms with Gasteiger partial charge in [0.25, 0.3) is 17.7 Å². The molecule has 0 radical (unpaired) electrons. The number of carbonyl (C=O) groups excluding carboxylic acids is 3. The molecule has 0 fully saturated rings. The summed E-state index contributed by atoms with van der Waals surface area (Å²) in [6.07, 6.45) is 37.4. The molecule has 0 atom stereocenters. The average Bonchev–Trinajstić information content (AvgIpc) is 0.920. The minimum atomic E-state index is -0.762. The van der Waals surface area contributed by atoms with E-state index in [9.17, 15) is 43.2 Å². The third-order valence-electron chi connectivity index (χ3n) is 17.2. The molecule has 3 amide bonds. The molecule has 21 nitrogen and oxygen atoms in total. The average molecular weight is 1320 g/mol. The second-order valence-electron chi connectivity index (χ2n) is 25.7. The molecule has 1 aromatic carbocycles. The number of carbonyl (C=O) groups is 9. The van der Waals surface area contributed by atoms with E-state index in [0.717, 1.165) is 252 Å². The monoisotopic (exact) mass is 1310 g/mol. The highest BCUT2D eigenvalue weighted by molar-refractivity contribution is 6.04. The molecule has 0 bridgehead atoms. The maximum absolute atomic E-state index is 14.1. The van der Waals surface area contributed by atoms with Gasteiger partial charge in [-0.15, -0.1) is 0 Å². The van der Waals surface area contributed by atoms with E-state index >= 15 is 0 Å². The smallest absolute Gasteiger partial charge is 0.303 e. The Bertz CT molecular complexity index is 1830. The molecule has 0 saturated carbocycles. The van der Waals surface area contributed by atoms with E-state index in [1.54, 1.807) is 18.2 Å². The SMILES string of the molecule is O=C(O)CCCCCCCCN(CCCCCCCCC(=O)O)CCCNC(=O)c1cc(C(=O)NCCCN(CCCCCCCCC(=O)O)CCCCCCCCC(=O)O)cc(C(=O)NCCCN(CCCCCCCCC(=O)O)CCCCCCCCC(=O)O)c1. The predicted octanol–water partition coefficient (Wildman–Crippen LogP) is 13.8. The first-order chi connectivity index (χ1) is 45.0. The molecule has 0 saturated heterocycles. The van der Waals surface area contributed by atoms with Crippen LogP contribution >= 0.6 is 0 Å². The Morgan fingerprint density at radius 2 is 0.355 bits per heavy atom. The largest absolute Gasteiger partial charge is 0.481 e. The number of rotatable bonds is 69. The zero-order valence-electron chi connectivity index (χ0n) is 57.2. The fourth-order valence-electron chi connectivity index (χ4n) is 11.8. The standard InChI is InChI=1S/C72H126N6O15/c79-64(80)40-25-13-1-7-19-31-49-76(50-32-20-8-2-14-26-41-65(81)82)55-37-46-73-70(91)61-58-62(71(92)74-47-38-56-77(51-33-21-9-3-15-27-42-66(83)84)52-34-22-10-4-16-28-43-67(85)86)60-63(59-61)72(93)75-48-39-57-78(53-35-23-11-5-17-29-44-68(87)88)54-36-24-12-6-18-30-45-69(89)90/h58-60H,1-57H2,(H,73,91)(H,74,92)(H,75,93)(H,79,80)(H,81,82)(H,83,84)(H,85,86)(H,87,88)(H,89,90). The number of hydrogen-bond donors (Lipinski definition) is 9. The summed E-state index contributed by atoms with van der Waals surface area (Å²) in [5.41, 5.74) is 0.628. The van der Waals surface area contributed by atoms with E-state index in [4.69, 9.17) is 30.6 Å². The van der Waals surface area contributed by atoms with Crippen LogP contribution in [0.15, 0.2) is 18.2 Å². The molecule has 21 heteroatoms. The van der Waals surface area contributed by atoms with Crippen LogP contribution in [0.4, 0.5) is 0 Å². The molecule has 1 aromatic rings. The van der Waals surface area contributed by atoms with Crippen molar-refractivity contribution >= 4 is 53.5 Å². The van der Waals surface area contributed by atoms with Crippen LogP contribution < -0.4 is 16.0 Å². The summed E-state index contributed by atoms with van der Waals surface area (Å²) in [5.74, 6) is -5.73. The Morgan fingerprint density at radius 1 is 0.215 bits per heavy atom. The van der Waals surface area contributed by atoms with E-state index in [1.807, 2.05) is 0 Å². The maximum atomic E-state index is 14.1. The molecule has 0 aliphatic heterocycles. The van der Waals surface area contributed by atoms with Gasteiger partial charge in [-0.3, -0.25) is 43.2 Å². The number of carboxylic acid groups (broad SMARTS) is 6. The highest BCUT2D eigenvalue weighted by Crippen LogP contribution is 2.17. The van der Waals surface area contributed by atoms with Crippen molar-refractivity contribution in [1.82, 2.24) is 30.7 Å². The fourth-order valence-corrected chi connectivity index (χ4v) is 11.8. The minimum Gasteiger partial charge on any atom is -0.481 e. The van der Waals surface area contributed by atoms with Gasteiger partial charge in [-0.2, -0.15) is 0 Å². The van der Waals surface area contributed by atoms with Crippen LogP contribution in [-0.4, -0.2) is 177 Å². The third kappa shape index (κ3) is 55.3. The zero-order chi connectivity index (χ0) is 68.2. The lowest BCUT2D eigenvalue weighted by Gasteiger charge is -2.23. The van der Waals surface area contributed by atoms with Crippen LogP contribution in [0.25, 0.3) is 0 Å². The molecule has 0 aliphatic rings. The van der Waals surface area contributed by atoms with Crippen LogP contribution in [0.3, 0.4) is 0 Å². The van der Waals surface area contributed by atoms with Gasteiger partial charge in [-0.05, 0) is 173 Å². The quantitative estimate of drug-likeness (QED) is 0.0274. The summed E-state index contributed by atoms with van der Waals surface area (Å²) in [7, 11) is 0. The van der Waals surface area contributed by atoms with E-state index in [0.29, 0.717) is 77.4 Å². The normalized spacial score (nSPS) is 11.4. The Hall–Kier alpha value is -5.67. The lowest BCUT2D eigenvalue weighted by atomic mass is 10.0. The van der Waals surface area contributed by atoms with Gasteiger partial charge in [0.15, 0.2) is 0 Å². The van der Waals surface area contributed by atoms with Crippen molar-refractivity contribution in [3.63, 3.8) is 0 Å². The van der Waals surface area contributed by atoms with Gasteiger partial charge >= 0.3 is 35.8 Å². The summed E-state index contributed by atoms with van der Waals surface area (Å²) in [6, 6.07) is 4.66. The van der Waals surface area contributed by atoms with Crippen molar-refractivity contribution in [3.8, 4) is 0 Å². The number of benzene rings is 1. The molecular formula is C72H126N6O15. The first kappa shape index (κ1) is 85.3. The summed E-state index contributed by atoms with van der Waals surface area (Å²) in [5, 5.41) is 63.1. The van der Waals surface area contributed by atoms with E-state index in [-0.39, 0.29) is 72.9 Å². The summed E-state index contributed by atoms with van der Waals surface area (Å²) in [6.45, 7) is 8.87. The topological polar surface area (TPSA) is 321 Å². The van der Waals surface area contributed by atoms with Crippen LogP contribution in [0.5, 0.6) is 0 Å². The Kier molecular flexibility index (Phi) is 55.1. The third-order valence-corrected chi connectivity index (χ3v) is 17.2. The number of carboxylic acids is 6. The Labute approximate surface area is 558 Å². The van der Waals surface area contributed by atoms with Gasteiger partial charge in [-0.25, -0.2) is 0 Å². The number of nitrogens with zero attached hydrogens (tertiary/aromatic N) is 3. The molecule has 1 rings (SSSR count). The molecule has 0 heterocycles. The lowest BCUT2D eigenvalue weighted by molar-refractivity contribution is -0.138.